The van der Waals surface area contributed by atoms with E-state index in [0.29, 0.717) is 13.0 Å². The first-order valence-corrected chi connectivity index (χ1v) is 7.43. The quantitative estimate of drug-likeness (QED) is 0.941. The lowest BCUT2D eigenvalue weighted by Gasteiger charge is -2.14. The van der Waals surface area contributed by atoms with Crippen LogP contribution in [0, 0.1) is 0 Å². The minimum Gasteiger partial charge on any atom is -0.349 e. The summed E-state index contributed by atoms with van der Waals surface area (Å²) in [7, 11) is 0. The molecule has 0 atom stereocenters. The van der Waals surface area contributed by atoms with Crippen molar-refractivity contribution in [3.8, 4) is 0 Å². The molecule has 0 saturated carbocycles. The highest BCUT2D eigenvalue weighted by Gasteiger charge is 2.17. The first kappa shape index (κ1) is 14.7. The van der Waals surface area contributed by atoms with Gasteiger partial charge in [-0.25, -0.2) is 4.98 Å². The number of hydrogen-bond acceptors (Lipinski definition) is 4. The molecule has 1 amide bonds. The van der Waals surface area contributed by atoms with Gasteiger partial charge in [-0.1, -0.05) is 20.8 Å². The highest BCUT2D eigenvalue weighted by Crippen LogP contribution is 2.23. The monoisotopic (exact) mass is 289 g/mol. The van der Waals surface area contributed by atoms with Crippen molar-refractivity contribution >= 4 is 17.2 Å². The van der Waals surface area contributed by atoms with Crippen LogP contribution in [0.5, 0.6) is 0 Å². The van der Waals surface area contributed by atoms with Crippen molar-refractivity contribution in [2.24, 2.45) is 0 Å². The van der Waals surface area contributed by atoms with E-state index in [0.717, 1.165) is 16.3 Å². The van der Waals surface area contributed by atoms with Gasteiger partial charge in [-0.15, -0.1) is 11.3 Å². The van der Waals surface area contributed by atoms with Crippen LogP contribution in [0.15, 0.2) is 29.9 Å². The van der Waals surface area contributed by atoms with E-state index < -0.39 is 0 Å². The van der Waals surface area contributed by atoms with Crippen molar-refractivity contribution in [1.29, 1.82) is 0 Å². The Kier molecular flexibility index (Phi) is 4.49. The number of carbonyl (C=O) groups excluding carboxylic acids is 1. The normalized spacial score (nSPS) is 11.3. The smallest absolute Gasteiger partial charge is 0.224 e. The maximum atomic E-state index is 11.8. The second-order valence-corrected chi connectivity index (χ2v) is 6.63. The molecule has 5 heteroatoms. The van der Waals surface area contributed by atoms with Crippen LogP contribution in [-0.2, 0) is 23.2 Å². The van der Waals surface area contributed by atoms with Crippen molar-refractivity contribution < 1.29 is 4.79 Å². The Morgan fingerprint density at radius 1 is 1.30 bits per heavy atom. The van der Waals surface area contributed by atoms with Crippen LogP contribution >= 0.6 is 11.3 Å². The van der Waals surface area contributed by atoms with Crippen molar-refractivity contribution in [3.05, 3.63) is 46.2 Å². The van der Waals surface area contributed by atoms with Gasteiger partial charge >= 0.3 is 0 Å². The molecule has 4 nitrogen and oxygen atoms in total. The highest BCUT2D eigenvalue weighted by atomic mass is 32.1. The Bertz CT molecular complexity index is 572. The predicted octanol–water partition coefficient (Wildman–Crippen LogP) is 2.69. The zero-order valence-electron chi connectivity index (χ0n) is 12.0. The summed E-state index contributed by atoms with van der Waals surface area (Å²) in [5.74, 6) is 0.00343. The van der Waals surface area contributed by atoms with Gasteiger partial charge in [0.1, 0.15) is 5.01 Å². The first-order chi connectivity index (χ1) is 9.45. The van der Waals surface area contributed by atoms with E-state index in [1.165, 1.54) is 0 Å². The Morgan fingerprint density at radius 3 is 2.60 bits per heavy atom. The molecular formula is C15H19N3OS. The fourth-order valence-corrected chi connectivity index (χ4v) is 2.62. The number of amides is 1. The van der Waals surface area contributed by atoms with Crippen molar-refractivity contribution in [3.63, 3.8) is 0 Å². The van der Waals surface area contributed by atoms with Crippen molar-refractivity contribution in [2.75, 3.05) is 0 Å². The number of hydrogen-bond donors (Lipinski definition) is 1. The molecule has 2 heterocycles. The van der Waals surface area contributed by atoms with E-state index in [-0.39, 0.29) is 11.3 Å². The van der Waals surface area contributed by atoms with Gasteiger partial charge in [0.25, 0.3) is 0 Å². The van der Waals surface area contributed by atoms with Gasteiger partial charge in [0, 0.05) is 23.2 Å². The fraction of sp³-hybridized carbons (Fsp3) is 0.400. The molecule has 106 valence electrons. The molecule has 0 spiro atoms. The van der Waals surface area contributed by atoms with E-state index in [1.807, 2.05) is 12.1 Å². The summed E-state index contributed by atoms with van der Waals surface area (Å²) in [4.78, 5) is 20.3. The Labute approximate surface area is 123 Å². The molecule has 0 aromatic carbocycles. The van der Waals surface area contributed by atoms with Crippen LogP contribution in [0.4, 0.5) is 0 Å². The number of nitrogens with zero attached hydrogens (tertiary/aromatic N) is 2. The summed E-state index contributed by atoms with van der Waals surface area (Å²) in [5, 5.41) is 5.90. The minimum atomic E-state index is 0.00343. The lowest BCUT2D eigenvalue weighted by molar-refractivity contribution is -0.120. The number of aromatic nitrogens is 2. The average Bonchev–Trinajstić information content (AvgIpc) is 2.86. The van der Waals surface area contributed by atoms with Gasteiger partial charge < -0.3 is 5.32 Å². The summed E-state index contributed by atoms with van der Waals surface area (Å²) in [5.41, 5.74) is 2.09. The predicted molar refractivity (Wildman–Crippen MR) is 80.6 cm³/mol. The number of nitrogens with one attached hydrogen (secondary N) is 1. The van der Waals surface area contributed by atoms with Gasteiger partial charge in [-0.3, -0.25) is 9.78 Å². The Hall–Kier alpha value is -1.75. The van der Waals surface area contributed by atoms with Gasteiger partial charge in [-0.05, 0) is 17.7 Å². The molecule has 0 radical (unpaired) electrons. The van der Waals surface area contributed by atoms with Gasteiger partial charge in [0.2, 0.25) is 5.91 Å². The molecule has 20 heavy (non-hydrogen) atoms. The maximum Gasteiger partial charge on any atom is 0.224 e. The summed E-state index contributed by atoms with van der Waals surface area (Å²) < 4.78 is 0. The molecule has 0 fully saturated rings. The zero-order chi connectivity index (χ0) is 14.6. The fourth-order valence-electron chi connectivity index (χ4n) is 1.66. The standard InChI is InChI=1S/C15H19N3OS/c1-15(2,3)12-10-20-14(18-12)9-17-13(19)8-11-4-6-16-7-5-11/h4-7,10H,8-9H2,1-3H3,(H,17,19). The summed E-state index contributed by atoms with van der Waals surface area (Å²) >= 11 is 1.59. The minimum absolute atomic E-state index is 0.00343. The summed E-state index contributed by atoms with van der Waals surface area (Å²) in [6.07, 6.45) is 3.76. The van der Waals surface area contributed by atoms with Crippen LogP contribution in [0.2, 0.25) is 0 Å². The third-order valence-corrected chi connectivity index (χ3v) is 3.72. The lowest BCUT2D eigenvalue weighted by Crippen LogP contribution is -2.24. The molecule has 2 aromatic rings. The average molecular weight is 289 g/mol. The van der Waals surface area contributed by atoms with E-state index in [4.69, 9.17) is 0 Å². The zero-order valence-corrected chi connectivity index (χ0v) is 12.8. The summed E-state index contributed by atoms with van der Waals surface area (Å²) in [6, 6.07) is 3.70. The topological polar surface area (TPSA) is 54.9 Å². The van der Waals surface area contributed by atoms with Gasteiger partial charge in [0.05, 0.1) is 18.7 Å². The molecule has 0 saturated heterocycles. The molecule has 0 aliphatic heterocycles. The van der Waals surface area contributed by atoms with Crippen LogP contribution in [-0.4, -0.2) is 15.9 Å². The largest absolute Gasteiger partial charge is 0.349 e. The number of rotatable bonds is 4. The van der Waals surface area contributed by atoms with Gasteiger partial charge in [0.15, 0.2) is 0 Å². The Morgan fingerprint density at radius 2 is 2.00 bits per heavy atom. The van der Waals surface area contributed by atoms with E-state index in [9.17, 15) is 4.79 Å². The summed E-state index contributed by atoms with van der Waals surface area (Å²) in [6.45, 7) is 6.89. The molecule has 0 bridgehead atoms. The first-order valence-electron chi connectivity index (χ1n) is 6.55. The molecule has 0 aliphatic rings. The molecule has 0 aliphatic carbocycles. The second kappa shape index (κ2) is 6.13. The highest BCUT2D eigenvalue weighted by molar-refractivity contribution is 7.09. The third kappa shape index (κ3) is 4.13. The number of pyridine rings is 1. The molecule has 1 N–H and O–H groups in total. The third-order valence-electron chi connectivity index (χ3n) is 2.87. The molecular weight excluding hydrogens is 270 g/mol. The van der Waals surface area contributed by atoms with Crippen LogP contribution in [0.1, 0.15) is 37.0 Å². The van der Waals surface area contributed by atoms with Crippen molar-refractivity contribution in [2.45, 2.75) is 39.2 Å². The molecule has 2 aromatic heterocycles. The number of carbonyl (C=O) groups is 1. The van der Waals surface area contributed by atoms with E-state index in [1.54, 1.807) is 23.7 Å². The van der Waals surface area contributed by atoms with E-state index in [2.05, 4.69) is 41.4 Å². The van der Waals surface area contributed by atoms with Crippen LogP contribution in [0.3, 0.4) is 0 Å². The van der Waals surface area contributed by atoms with Gasteiger partial charge in [-0.2, -0.15) is 0 Å². The lowest BCUT2D eigenvalue weighted by atomic mass is 9.93. The molecule has 2 rings (SSSR count). The van der Waals surface area contributed by atoms with E-state index >= 15 is 0 Å². The second-order valence-electron chi connectivity index (χ2n) is 5.69. The number of thiazole rings is 1. The Balaban J connectivity index is 1.86. The van der Waals surface area contributed by atoms with Crippen LogP contribution < -0.4 is 5.32 Å². The van der Waals surface area contributed by atoms with Crippen LogP contribution in [0.25, 0.3) is 0 Å². The molecule has 0 unspecified atom stereocenters. The SMILES string of the molecule is CC(C)(C)c1csc(CNC(=O)Cc2ccncc2)n1. The maximum absolute atomic E-state index is 11.8. The van der Waals surface area contributed by atoms with Crippen molar-refractivity contribution in [1.82, 2.24) is 15.3 Å².